The van der Waals surface area contributed by atoms with Gasteiger partial charge in [-0.25, -0.2) is 4.79 Å². The molecule has 0 fully saturated rings. The quantitative estimate of drug-likeness (QED) is 0.588. The third-order valence-electron chi connectivity index (χ3n) is 1.49. The molecule has 1 aromatic rings. The van der Waals surface area contributed by atoms with Gasteiger partial charge in [0.1, 0.15) is 0 Å². The summed E-state index contributed by atoms with van der Waals surface area (Å²) in [7, 11) is 0. The molecule has 0 saturated carbocycles. The van der Waals surface area contributed by atoms with Crippen molar-refractivity contribution in [3.63, 3.8) is 0 Å². The van der Waals surface area contributed by atoms with Crippen molar-refractivity contribution in [1.29, 1.82) is 0 Å². The zero-order chi connectivity index (χ0) is 10.7. The van der Waals surface area contributed by atoms with E-state index in [1.807, 2.05) is 26.0 Å². The van der Waals surface area contributed by atoms with Crippen LogP contribution in [0.1, 0.15) is 24.2 Å². The molecule has 0 radical (unpaired) electrons. The fourth-order valence-electron chi connectivity index (χ4n) is 0.931. The summed E-state index contributed by atoms with van der Waals surface area (Å²) in [6, 6.07) is 5.54. The maximum atomic E-state index is 11.6. The summed E-state index contributed by atoms with van der Waals surface area (Å²) < 4.78 is 6.89. The highest BCUT2D eigenvalue weighted by molar-refractivity contribution is 14.1. The first kappa shape index (κ1) is 12.0. The van der Waals surface area contributed by atoms with E-state index in [4.69, 9.17) is 4.74 Å². The molecule has 0 aromatic heterocycles. The van der Waals surface area contributed by atoms with Gasteiger partial charge in [0.15, 0.2) is 0 Å². The fraction of sp³-hybridized carbons (Fsp3) is 0.300. The Morgan fingerprint density at radius 2 is 2.14 bits per heavy atom. The summed E-state index contributed by atoms with van der Waals surface area (Å²) in [6.45, 7) is 3.67. The molecule has 14 heavy (non-hydrogen) atoms. The molecule has 0 bridgehead atoms. The Kier molecular flexibility index (Phi) is 4.37. The Hall–Kier alpha value is -0.100. The van der Waals surface area contributed by atoms with Gasteiger partial charge in [-0.05, 0) is 54.6 Å². The molecular weight excluding hydrogens is 359 g/mol. The first-order chi connectivity index (χ1) is 6.50. The normalized spacial score (nSPS) is 10.4. The number of benzene rings is 1. The molecule has 0 spiro atoms. The first-order valence-corrected chi connectivity index (χ1v) is 6.04. The number of rotatable bonds is 2. The van der Waals surface area contributed by atoms with Crippen LogP contribution in [0.25, 0.3) is 0 Å². The molecule has 0 amide bonds. The number of hydrogen-bond donors (Lipinski definition) is 0. The SMILES string of the molecule is CC(C)OC(=O)c1cc(Br)ccc1I. The molecule has 1 rings (SSSR count). The number of halogens is 2. The first-order valence-electron chi connectivity index (χ1n) is 4.16. The molecule has 0 atom stereocenters. The van der Waals surface area contributed by atoms with Crippen LogP contribution in [0.3, 0.4) is 0 Å². The number of carbonyl (C=O) groups excluding carboxylic acids is 1. The van der Waals surface area contributed by atoms with Gasteiger partial charge in [-0.3, -0.25) is 0 Å². The Balaban J connectivity index is 2.94. The van der Waals surface area contributed by atoms with Gasteiger partial charge in [-0.15, -0.1) is 0 Å². The average Bonchev–Trinajstić information content (AvgIpc) is 2.08. The van der Waals surface area contributed by atoms with Crippen LogP contribution in [0.2, 0.25) is 0 Å². The third-order valence-corrected chi connectivity index (χ3v) is 2.92. The van der Waals surface area contributed by atoms with Gasteiger partial charge in [0.25, 0.3) is 0 Å². The van der Waals surface area contributed by atoms with Gasteiger partial charge in [0, 0.05) is 8.04 Å². The van der Waals surface area contributed by atoms with Crippen LogP contribution in [0.15, 0.2) is 22.7 Å². The van der Waals surface area contributed by atoms with Crippen molar-refractivity contribution >= 4 is 44.5 Å². The van der Waals surface area contributed by atoms with Crippen LogP contribution in [0, 0.1) is 3.57 Å². The van der Waals surface area contributed by atoms with Crippen LogP contribution in [0.4, 0.5) is 0 Å². The minimum absolute atomic E-state index is 0.0859. The molecule has 2 nitrogen and oxygen atoms in total. The van der Waals surface area contributed by atoms with E-state index in [0.29, 0.717) is 5.56 Å². The van der Waals surface area contributed by atoms with Crippen LogP contribution < -0.4 is 0 Å². The van der Waals surface area contributed by atoms with E-state index in [0.717, 1.165) is 8.04 Å². The molecule has 0 heterocycles. The van der Waals surface area contributed by atoms with E-state index in [1.54, 1.807) is 6.07 Å². The van der Waals surface area contributed by atoms with Crippen molar-refractivity contribution in [3.05, 3.63) is 31.8 Å². The van der Waals surface area contributed by atoms with Crippen molar-refractivity contribution in [1.82, 2.24) is 0 Å². The van der Waals surface area contributed by atoms with Crippen molar-refractivity contribution in [3.8, 4) is 0 Å². The second-order valence-electron chi connectivity index (χ2n) is 3.08. The van der Waals surface area contributed by atoms with Gasteiger partial charge < -0.3 is 4.74 Å². The maximum Gasteiger partial charge on any atom is 0.339 e. The van der Waals surface area contributed by atoms with Crippen LogP contribution in [-0.4, -0.2) is 12.1 Å². The van der Waals surface area contributed by atoms with E-state index < -0.39 is 0 Å². The van der Waals surface area contributed by atoms with Gasteiger partial charge in [0.2, 0.25) is 0 Å². The van der Waals surface area contributed by atoms with E-state index in [2.05, 4.69) is 38.5 Å². The summed E-state index contributed by atoms with van der Waals surface area (Å²) in [5.74, 6) is -0.272. The maximum absolute atomic E-state index is 11.6. The van der Waals surface area contributed by atoms with Gasteiger partial charge >= 0.3 is 5.97 Å². The van der Waals surface area contributed by atoms with E-state index in [-0.39, 0.29) is 12.1 Å². The van der Waals surface area contributed by atoms with E-state index in [9.17, 15) is 4.79 Å². The highest BCUT2D eigenvalue weighted by atomic mass is 127. The fourth-order valence-corrected chi connectivity index (χ4v) is 1.85. The average molecular weight is 369 g/mol. The van der Waals surface area contributed by atoms with Crippen molar-refractivity contribution in [2.45, 2.75) is 20.0 Å². The molecule has 0 aliphatic carbocycles. The van der Waals surface area contributed by atoms with E-state index >= 15 is 0 Å². The number of carbonyl (C=O) groups is 1. The number of hydrogen-bond acceptors (Lipinski definition) is 2. The molecule has 4 heteroatoms. The molecule has 0 aliphatic heterocycles. The molecular formula is C10H10BrIO2. The Morgan fingerprint density at radius 1 is 1.50 bits per heavy atom. The van der Waals surface area contributed by atoms with Crippen LogP contribution in [0.5, 0.6) is 0 Å². The number of ether oxygens (including phenoxy) is 1. The van der Waals surface area contributed by atoms with Crippen LogP contribution >= 0.6 is 38.5 Å². The summed E-state index contributed by atoms with van der Waals surface area (Å²) in [4.78, 5) is 11.6. The monoisotopic (exact) mass is 368 g/mol. The van der Waals surface area contributed by atoms with Gasteiger partial charge in [-0.2, -0.15) is 0 Å². The lowest BCUT2D eigenvalue weighted by atomic mass is 10.2. The molecule has 0 saturated heterocycles. The minimum atomic E-state index is -0.272. The smallest absolute Gasteiger partial charge is 0.339 e. The standard InChI is InChI=1S/C10H10BrIO2/c1-6(2)14-10(13)8-5-7(11)3-4-9(8)12/h3-6H,1-2H3. The highest BCUT2D eigenvalue weighted by Gasteiger charge is 2.12. The largest absolute Gasteiger partial charge is 0.459 e. The molecule has 76 valence electrons. The molecule has 0 aliphatic rings. The van der Waals surface area contributed by atoms with Crippen molar-refractivity contribution in [2.24, 2.45) is 0 Å². The predicted molar refractivity (Wildman–Crippen MR) is 67.4 cm³/mol. The van der Waals surface area contributed by atoms with Gasteiger partial charge in [-0.1, -0.05) is 15.9 Å². The third kappa shape index (κ3) is 3.24. The second kappa shape index (κ2) is 5.11. The number of esters is 1. The Labute approximate surface area is 105 Å². The topological polar surface area (TPSA) is 26.3 Å². The van der Waals surface area contributed by atoms with Gasteiger partial charge in [0.05, 0.1) is 11.7 Å². The summed E-state index contributed by atoms with van der Waals surface area (Å²) in [6.07, 6.45) is -0.0859. The Morgan fingerprint density at radius 3 is 2.71 bits per heavy atom. The minimum Gasteiger partial charge on any atom is -0.459 e. The zero-order valence-electron chi connectivity index (χ0n) is 7.88. The molecule has 1 aromatic carbocycles. The lowest BCUT2D eigenvalue weighted by Crippen LogP contribution is -2.12. The molecule has 0 N–H and O–H groups in total. The summed E-state index contributed by atoms with van der Waals surface area (Å²) in [5, 5.41) is 0. The van der Waals surface area contributed by atoms with Crippen molar-refractivity contribution in [2.75, 3.05) is 0 Å². The Bertz CT molecular complexity index is 350. The molecule has 0 unspecified atom stereocenters. The van der Waals surface area contributed by atoms with E-state index in [1.165, 1.54) is 0 Å². The lowest BCUT2D eigenvalue weighted by Gasteiger charge is -2.09. The summed E-state index contributed by atoms with van der Waals surface area (Å²) in [5.41, 5.74) is 0.605. The highest BCUT2D eigenvalue weighted by Crippen LogP contribution is 2.19. The predicted octanol–water partition coefficient (Wildman–Crippen LogP) is 3.62. The lowest BCUT2D eigenvalue weighted by molar-refractivity contribution is 0.0376. The van der Waals surface area contributed by atoms with Crippen LogP contribution in [-0.2, 0) is 4.74 Å². The zero-order valence-corrected chi connectivity index (χ0v) is 11.6. The van der Waals surface area contributed by atoms with Crippen molar-refractivity contribution < 1.29 is 9.53 Å². The summed E-state index contributed by atoms with van der Waals surface area (Å²) >= 11 is 5.44. The second-order valence-corrected chi connectivity index (χ2v) is 5.16.